The molecule has 2 N–H and O–H groups in total. The zero-order valence-electron chi connectivity index (χ0n) is 11.5. The number of pyridine rings is 1. The van der Waals surface area contributed by atoms with Crippen molar-refractivity contribution in [2.24, 2.45) is 5.73 Å². The SMILES string of the molecule is NC(=O)c1cc(-c2ccc(Cl)cc2F)c2c(n1)[C@H]1CC[C@@H]2O1. The second-order valence-corrected chi connectivity index (χ2v) is 5.97. The molecule has 0 spiro atoms. The van der Waals surface area contributed by atoms with Crippen molar-refractivity contribution in [3.05, 3.63) is 52.1 Å². The molecule has 4 rings (SSSR count). The van der Waals surface area contributed by atoms with E-state index in [1.165, 1.54) is 12.1 Å². The fourth-order valence-electron chi connectivity index (χ4n) is 3.27. The van der Waals surface area contributed by atoms with E-state index in [-0.39, 0.29) is 17.9 Å². The molecule has 1 amide bonds. The van der Waals surface area contributed by atoms with Crippen LogP contribution in [0.15, 0.2) is 24.3 Å². The second-order valence-electron chi connectivity index (χ2n) is 5.53. The minimum atomic E-state index is -0.638. The highest BCUT2D eigenvalue weighted by Crippen LogP contribution is 2.53. The zero-order valence-corrected chi connectivity index (χ0v) is 12.2. The number of hydrogen-bond acceptors (Lipinski definition) is 3. The molecule has 3 heterocycles. The third-order valence-corrected chi connectivity index (χ3v) is 4.44. The van der Waals surface area contributed by atoms with E-state index < -0.39 is 11.7 Å². The molecule has 0 unspecified atom stereocenters. The number of hydrogen-bond donors (Lipinski definition) is 1. The third-order valence-electron chi connectivity index (χ3n) is 4.21. The molecule has 2 bridgehead atoms. The topological polar surface area (TPSA) is 65.2 Å². The summed E-state index contributed by atoms with van der Waals surface area (Å²) >= 11 is 5.82. The Bertz CT molecular complexity index is 809. The second kappa shape index (κ2) is 4.76. The first-order valence-electron chi connectivity index (χ1n) is 7.00. The number of fused-ring (bicyclic) bond motifs is 5. The lowest BCUT2D eigenvalue weighted by molar-refractivity contribution is 0.0704. The van der Waals surface area contributed by atoms with Crippen LogP contribution in [0.5, 0.6) is 0 Å². The summed E-state index contributed by atoms with van der Waals surface area (Å²) in [6.45, 7) is 0. The van der Waals surface area contributed by atoms with Crippen LogP contribution in [0.3, 0.4) is 0 Å². The fraction of sp³-hybridized carbons (Fsp3) is 0.250. The van der Waals surface area contributed by atoms with Gasteiger partial charge in [0.05, 0.1) is 11.8 Å². The number of primary amides is 1. The summed E-state index contributed by atoms with van der Waals surface area (Å²) in [7, 11) is 0. The van der Waals surface area contributed by atoms with Crippen molar-refractivity contribution in [1.29, 1.82) is 0 Å². The monoisotopic (exact) mass is 318 g/mol. The highest BCUT2D eigenvalue weighted by Gasteiger charge is 2.42. The van der Waals surface area contributed by atoms with E-state index in [4.69, 9.17) is 22.1 Å². The molecule has 0 radical (unpaired) electrons. The van der Waals surface area contributed by atoms with Crippen LogP contribution < -0.4 is 5.73 Å². The van der Waals surface area contributed by atoms with Gasteiger partial charge in [0.1, 0.15) is 17.6 Å². The molecule has 2 atom stereocenters. The molecule has 4 nitrogen and oxygen atoms in total. The van der Waals surface area contributed by atoms with Gasteiger partial charge in [-0.2, -0.15) is 0 Å². The Kier molecular flexibility index (Phi) is 2.96. The molecule has 22 heavy (non-hydrogen) atoms. The minimum absolute atomic E-state index is 0.0977. The Morgan fingerprint density at radius 3 is 2.77 bits per heavy atom. The van der Waals surface area contributed by atoms with Gasteiger partial charge in [-0.3, -0.25) is 4.79 Å². The number of amides is 1. The molecule has 6 heteroatoms. The van der Waals surface area contributed by atoms with E-state index in [1.807, 2.05) is 0 Å². The molecule has 1 aromatic carbocycles. The number of rotatable bonds is 2. The van der Waals surface area contributed by atoms with Crippen LogP contribution in [0.4, 0.5) is 4.39 Å². The number of nitrogens with zero attached hydrogens (tertiary/aromatic N) is 1. The largest absolute Gasteiger partial charge is 0.364 e. The molecule has 1 fully saturated rings. The lowest BCUT2D eigenvalue weighted by Gasteiger charge is -2.17. The average molecular weight is 319 g/mol. The maximum absolute atomic E-state index is 14.3. The third kappa shape index (κ3) is 1.93. The maximum Gasteiger partial charge on any atom is 0.267 e. The summed E-state index contributed by atoms with van der Waals surface area (Å²) in [6.07, 6.45) is 1.50. The van der Waals surface area contributed by atoms with E-state index in [9.17, 15) is 9.18 Å². The first-order chi connectivity index (χ1) is 10.5. The normalized spacial score (nSPS) is 21.9. The lowest BCUT2D eigenvalue weighted by Crippen LogP contribution is -2.16. The Labute approximate surface area is 131 Å². The highest BCUT2D eigenvalue weighted by molar-refractivity contribution is 6.30. The number of ether oxygens (including phenoxy) is 1. The van der Waals surface area contributed by atoms with Gasteiger partial charge in [0.2, 0.25) is 0 Å². The van der Waals surface area contributed by atoms with Gasteiger partial charge >= 0.3 is 0 Å². The van der Waals surface area contributed by atoms with Crippen molar-refractivity contribution in [1.82, 2.24) is 4.98 Å². The lowest BCUT2D eigenvalue weighted by atomic mass is 9.88. The summed E-state index contributed by atoms with van der Waals surface area (Å²) in [5.41, 5.74) is 8.04. The van der Waals surface area contributed by atoms with Crippen molar-refractivity contribution in [2.45, 2.75) is 25.0 Å². The van der Waals surface area contributed by atoms with Crippen LogP contribution in [0.1, 0.15) is 46.8 Å². The number of halogens is 2. The number of benzene rings is 1. The first kappa shape index (κ1) is 13.7. The van der Waals surface area contributed by atoms with Crippen molar-refractivity contribution in [2.75, 3.05) is 0 Å². The van der Waals surface area contributed by atoms with Gasteiger partial charge in [0.15, 0.2) is 0 Å². The van der Waals surface area contributed by atoms with E-state index in [0.717, 1.165) is 18.4 Å². The molecular weight excluding hydrogens is 307 g/mol. The van der Waals surface area contributed by atoms with Gasteiger partial charge in [-0.25, -0.2) is 9.37 Å². The maximum atomic E-state index is 14.3. The summed E-state index contributed by atoms with van der Waals surface area (Å²) in [6, 6.07) is 6.01. The Morgan fingerprint density at radius 1 is 1.27 bits per heavy atom. The average Bonchev–Trinajstić information content (AvgIpc) is 3.08. The Morgan fingerprint density at radius 2 is 2.05 bits per heavy atom. The van der Waals surface area contributed by atoms with Gasteiger partial charge in [-0.1, -0.05) is 11.6 Å². The van der Waals surface area contributed by atoms with E-state index >= 15 is 0 Å². The van der Waals surface area contributed by atoms with Gasteiger partial charge in [-0.05, 0) is 42.7 Å². The van der Waals surface area contributed by atoms with Gasteiger partial charge in [0, 0.05) is 16.1 Å². The molecule has 2 aliphatic rings. The van der Waals surface area contributed by atoms with Crippen molar-refractivity contribution in [3.63, 3.8) is 0 Å². The van der Waals surface area contributed by atoms with Crippen LogP contribution in [-0.4, -0.2) is 10.9 Å². The number of carbonyl (C=O) groups excluding carboxylic acids is 1. The smallest absolute Gasteiger partial charge is 0.267 e. The van der Waals surface area contributed by atoms with Crippen molar-refractivity contribution in [3.8, 4) is 11.1 Å². The van der Waals surface area contributed by atoms with Gasteiger partial charge in [-0.15, -0.1) is 0 Å². The highest BCUT2D eigenvalue weighted by atomic mass is 35.5. The van der Waals surface area contributed by atoms with Crippen LogP contribution in [-0.2, 0) is 4.74 Å². The fourth-order valence-corrected chi connectivity index (χ4v) is 3.42. The van der Waals surface area contributed by atoms with Crippen LogP contribution in [0.25, 0.3) is 11.1 Å². The summed E-state index contributed by atoms with van der Waals surface area (Å²) in [5, 5.41) is 0.319. The van der Waals surface area contributed by atoms with E-state index in [1.54, 1.807) is 12.1 Å². The van der Waals surface area contributed by atoms with Gasteiger partial charge < -0.3 is 10.5 Å². The summed E-state index contributed by atoms with van der Waals surface area (Å²) < 4.78 is 20.2. The number of nitrogens with two attached hydrogens (primary N) is 1. The standard InChI is InChI=1S/C16H12ClFN2O2/c17-7-1-2-8(10(18)5-7)9-6-11(16(19)21)20-15-13-4-3-12(22-13)14(9)15/h1-2,5-6,12-13H,3-4H2,(H2,19,21)/t12-,13+/m0/s1. The Hall–Kier alpha value is -1.98. The molecule has 2 aliphatic heterocycles. The molecule has 0 saturated carbocycles. The molecular formula is C16H12ClFN2O2. The summed E-state index contributed by atoms with van der Waals surface area (Å²) in [4.78, 5) is 15.9. The summed E-state index contributed by atoms with van der Waals surface area (Å²) in [5.74, 6) is -1.08. The van der Waals surface area contributed by atoms with Gasteiger partial charge in [0.25, 0.3) is 5.91 Å². The quantitative estimate of drug-likeness (QED) is 0.921. The molecule has 1 saturated heterocycles. The van der Waals surface area contributed by atoms with Crippen molar-refractivity contribution < 1.29 is 13.9 Å². The zero-order chi connectivity index (χ0) is 15.4. The number of carbonyl (C=O) groups is 1. The molecule has 1 aromatic heterocycles. The van der Waals surface area contributed by atoms with Crippen LogP contribution in [0, 0.1) is 5.82 Å². The molecule has 2 aromatic rings. The predicted octanol–water partition coefficient (Wildman–Crippen LogP) is 3.55. The Balaban J connectivity index is 1.99. The molecule has 0 aliphatic carbocycles. The van der Waals surface area contributed by atoms with Crippen molar-refractivity contribution >= 4 is 17.5 Å². The number of aromatic nitrogens is 1. The predicted molar refractivity (Wildman–Crippen MR) is 79.0 cm³/mol. The minimum Gasteiger partial charge on any atom is -0.364 e. The van der Waals surface area contributed by atoms with Crippen LogP contribution in [0.2, 0.25) is 5.02 Å². The van der Waals surface area contributed by atoms with E-state index in [2.05, 4.69) is 4.98 Å². The first-order valence-corrected chi connectivity index (χ1v) is 7.38. The van der Waals surface area contributed by atoms with Crippen LogP contribution >= 0.6 is 11.6 Å². The molecule has 112 valence electrons. The van der Waals surface area contributed by atoms with E-state index in [0.29, 0.717) is 21.8 Å².